The van der Waals surface area contributed by atoms with Crippen LogP contribution < -0.4 is 5.32 Å². The van der Waals surface area contributed by atoms with Crippen LogP contribution in [0.3, 0.4) is 0 Å². The van der Waals surface area contributed by atoms with Gasteiger partial charge in [-0.15, -0.1) is 0 Å². The van der Waals surface area contributed by atoms with Crippen molar-refractivity contribution in [3.05, 3.63) is 35.6 Å². The average molecular weight is 323 g/mol. The predicted molar refractivity (Wildman–Crippen MR) is 83.4 cm³/mol. The van der Waals surface area contributed by atoms with Crippen molar-refractivity contribution in [1.29, 1.82) is 0 Å². The number of ether oxygens (including phenoxy) is 1. The van der Waals surface area contributed by atoms with E-state index in [9.17, 15) is 18.8 Å². The van der Waals surface area contributed by atoms with E-state index < -0.39 is 11.8 Å². The zero-order valence-corrected chi connectivity index (χ0v) is 13.4. The molecule has 0 unspecified atom stereocenters. The van der Waals surface area contributed by atoms with Crippen LogP contribution in [0.4, 0.5) is 4.39 Å². The standard InChI is InChI=1S/C17H22FNO4/c1-3-14(4-2)19-16(21)11-23-17(22)10-9-15(20)12-5-7-13(18)8-6-12/h5-8,14H,3-4,9-11H2,1-2H3,(H,19,21). The highest BCUT2D eigenvalue weighted by atomic mass is 19.1. The first kappa shape index (κ1) is 18.8. The van der Waals surface area contributed by atoms with Gasteiger partial charge in [-0.25, -0.2) is 4.39 Å². The highest BCUT2D eigenvalue weighted by Gasteiger charge is 2.13. The molecule has 0 saturated heterocycles. The van der Waals surface area contributed by atoms with Crippen molar-refractivity contribution in [3.63, 3.8) is 0 Å². The number of carbonyl (C=O) groups excluding carboxylic acids is 3. The maximum Gasteiger partial charge on any atom is 0.306 e. The Labute approximate surface area is 135 Å². The lowest BCUT2D eigenvalue weighted by molar-refractivity contribution is -0.148. The number of hydrogen-bond acceptors (Lipinski definition) is 4. The Morgan fingerprint density at radius 2 is 1.70 bits per heavy atom. The van der Waals surface area contributed by atoms with Gasteiger partial charge in [-0.1, -0.05) is 13.8 Å². The molecule has 1 amide bonds. The molecule has 0 atom stereocenters. The molecular formula is C17H22FNO4. The summed E-state index contributed by atoms with van der Waals surface area (Å²) in [5.74, 6) is -1.66. The van der Waals surface area contributed by atoms with Crippen molar-refractivity contribution in [3.8, 4) is 0 Å². The molecule has 1 aromatic carbocycles. The number of rotatable bonds is 9. The summed E-state index contributed by atoms with van der Waals surface area (Å²) in [5, 5.41) is 2.75. The smallest absolute Gasteiger partial charge is 0.306 e. The summed E-state index contributed by atoms with van der Waals surface area (Å²) >= 11 is 0. The highest BCUT2D eigenvalue weighted by Crippen LogP contribution is 2.08. The summed E-state index contributed by atoms with van der Waals surface area (Å²) in [5.41, 5.74) is 0.339. The Balaban J connectivity index is 2.30. The Kier molecular flexibility index (Phi) is 7.94. The Morgan fingerprint density at radius 3 is 2.26 bits per heavy atom. The molecule has 126 valence electrons. The number of nitrogens with one attached hydrogen (secondary N) is 1. The van der Waals surface area contributed by atoms with Crippen molar-refractivity contribution < 1.29 is 23.5 Å². The fourth-order valence-corrected chi connectivity index (χ4v) is 1.98. The van der Waals surface area contributed by atoms with Gasteiger partial charge in [-0.3, -0.25) is 14.4 Å². The van der Waals surface area contributed by atoms with E-state index in [4.69, 9.17) is 4.74 Å². The van der Waals surface area contributed by atoms with Gasteiger partial charge in [0.1, 0.15) is 5.82 Å². The average Bonchev–Trinajstić information content (AvgIpc) is 2.56. The first-order valence-electron chi connectivity index (χ1n) is 7.70. The fraction of sp³-hybridized carbons (Fsp3) is 0.471. The zero-order valence-electron chi connectivity index (χ0n) is 13.4. The minimum Gasteiger partial charge on any atom is -0.456 e. The fourth-order valence-electron chi connectivity index (χ4n) is 1.98. The van der Waals surface area contributed by atoms with Crippen molar-refractivity contribution in [1.82, 2.24) is 5.32 Å². The van der Waals surface area contributed by atoms with E-state index in [1.54, 1.807) is 0 Å². The molecule has 0 fully saturated rings. The van der Waals surface area contributed by atoms with Crippen LogP contribution in [-0.2, 0) is 14.3 Å². The van der Waals surface area contributed by atoms with Crippen LogP contribution in [0.1, 0.15) is 49.9 Å². The molecule has 6 heteroatoms. The number of ketones is 1. The third-order valence-corrected chi connectivity index (χ3v) is 3.44. The van der Waals surface area contributed by atoms with E-state index in [2.05, 4.69) is 5.32 Å². The van der Waals surface area contributed by atoms with E-state index in [-0.39, 0.29) is 37.2 Å². The number of carbonyl (C=O) groups is 3. The summed E-state index contributed by atoms with van der Waals surface area (Å²) in [6, 6.07) is 5.18. The van der Waals surface area contributed by atoms with Crippen molar-refractivity contribution in [2.45, 2.75) is 45.6 Å². The summed E-state index contributed by atoms with van der Waals surface area (Å²) < 4.78 is 17.6. The minimum absolute atomic E-state index is 0.0430. The topological polar surface area (TPSA) is 72.5 Å². The summed E-state index contributed by atoms with van der Waals surface area (Å²) in [6.07, 6.45) is 1.46. The van der Waals surface area contributed by atoms with E-state index in [0.29, 0.717) is 5.56 Å². The molecule has 0 aliphatic rings. The maximum atomic E-state index is 12.8. The van der Waals surface area contributed by atoms with Gasteiger partial charge in [-0.05, 0) is 37.1 Å². The van der Waals surface area contributed by atoms with Gasteiger partial charge >= 0.3 is 5.97 Å². The number of Topliss-reactive ketones (excluding diaryl/α,β-unsaturated/α-hetero) is 1. The molecular weight excluding hydrogens is 301 g/mol. The van der Waals surface area contributed by atoms with Crippen LogP contribution in [0.15, 0.2) is 24.3 Å². The van der Waals surface area contributed by atoms with Gasteiger partial charge in [0.2, 0.25) is 0 Å². The zero-order chi connectivity index (χ0) is 17.2. The number of hydrogen-bond donors (Lipinski definition) is 1. The quantitative estimate of drug-likeness (QED) is 0.560. The van der Waals surface area contributed by atoms with Crippen LogP contribution >= 0.6 is 0 Å². The van der Waals surface area contributed by atoms with Crippen LogP contribution in [0.5, 0.6) is 0 Å². The number of esters is 1. The third kappa shape index (κ3) is 7.04. The summed E-state index contributed by atoms with van der Waals surface area (Å²) in [7, 11) is 0. The second-order valence-electron chi connectivity index (χ2n) is 5.17. The van der Waals surface area contributed by atoms with Gasteiger partial charge in [0.05, 0.1) is 6.42 Å². The molecule has 0 bridgehead atoms. The number of halogens is 1. The van der Waals surface area contributed by atoms with Crippen LogP contribution in [0.25, 0.3) is 0 Å². The number of benzene rings is 1. The summed E-state index contributed by atoms with van der Waals surface area (Å²) in [6.45, 7) is 3.57. The molecule has 0 aliphatic carbocycles. The first-order valence-corrected chi connectivity index (χ1v) is 7.70. The predicted octanol–water partition coefficient (Wildman–Crippen LogP) is 2.64. The van der Waals surface area contributed by atoms with E-state index in [0.717, 1.165) is 12.8 Å². The molecule has 0 radical (unpaired) electrons. The summed E-state index contributed by atoms with van der Waals surface area (Å²) in [4.78, 5) is 34.9. The van der Waals surface area contributed by atoms with Crippen molar-refractivity contribution in [2.75, 3.05) is 6.61 Å². The molecule has 5 nitrogen and oxygen atoms in total. The van der Waals surface area contributed by atoms with Gasteiger partial charge in [-0.2, -0.15) is 0 Å². The Bertz CT molecular complexity index is 538. The third-order valence-electron chi connectivity index (χ3n) is 3.44. The molecule has 0 saturated carbocycles. The highest BCUT2D eigenvalue weighted by molar-refractivity contribution is 5.97. The van der Waals surface area contributed by atoms with Crippen molar-refractivity contribution in [2.24, 2.45) is 0 Å². The molecule has 0 heterocycles. The van der Waals surface area contributed by atoms with Gasteiger partial charge in [0, 0.05) is 18.0 Å². The van der Waals surface area contributed by atoms with Crippen LogP contribution in [0, 0.1) is 5.82 Å². The molecule has 1 rings (SSSR count). The molecule has 1 N–H and O–H groups in total. The number of amides is 1. The normalized spacial score (nSPS) is 10.4. The van der Waals surface area contributed by atoms with Gasteiger partial charge in [0.25, 0.3) is 5.91 Å². The van der Waals surface area contributed by atoms with E-state index >= 15 is 0 Å². The second kappa shape index (κ2) is 9.71. The first-order chi connectivity index (χ1) is 11.0. The van der Waals surface area contributed by atoms with E-state index in [1.807, 2.05) is 13.8 Å². The monoisotopic (exact) mass is 323 g/mol. The SMILES string of the molecule is CCC(CC)NC(=O)COC(=O)CCC(=O)c1ccc(F)cc1. The van der Waals surface area contributed by atoms with Crippen molar-refractivity contribution >= 4 is 17.7 Å². The Hall–Kier alpha value is -2.24. The molecule has 23 heavy (non-hydrogen) atoms. The lowest BCUT2D eigenvalue weighted by Crippen LogP contribution is -2.36. The van der Waals surface area contributed by atoms with Gasteiger partial charge < -0.3 is 10.1 Å². The molecule has 0 spiro atoms. The lowest BCUT2D eigenvalue weighted by Gasteiger charge is -2.14. The maximum absolute atomic E-state index is 12.8. The second-order valence-corrected chi connectivity index (χ2v) is 5.17. The molecule has 0 aliphatic heterocycles. The molecule has 1 aromatic rings. The lowest BCUT2D eigenvalue weighted by atomic mass is 10.1. The largest absolute Gasteiger partial charge is 0.456 e. The Morgan fingerprint density at radius 1 is 1.09 bits per heavy atom. The van der Waals surface area contributed by atoms with Crippen LogP contribution in [-0.4, -0.2) is 30.3 Å². The minimum atomic E-state index is -0.611. The van der Waals surface area contributed by atoms with Gasteiger partial charge in [0.15, 0.2) is 12.4 Å². The molecule has 0 aromatic heterocycles. The van der Waals surface area contributed by atoms with E-state index in [1.165, 1.54) is 24.3 Å². The van der Waals surface area contributed by atoms with Crippen LogP contribution in [0.2, 0.25) is 0 Å².